The molecule has 9 heteroatoms. The van der Waals surface area contributed by atoms with Crippen LogP contribution in [0.25, 0.3) is 0 Å². The minimum Gasteiger partial charge on any atom is -0.480 e. The lowest BCUT2D eigenvalue weighted by molar-refractivity contribution is -0.140. The van der Waals surface area contributed by atoms with E-state index in [1.165, 1.54) is 18.2 Å². The van der Waals surface area contributed by atoms with Crippen LogP contribution in [0.5, 0.6) is 0 Å². The summed E-state index contributed by atoms with van der Waals surface area (Å²) in [5, 5.41) is 28.5. The molecule has 0 heterocycles. The van der Waals surface area contributed by atoms with Crippen LogP contribution in [0.3, 0.4) is 0 Å². The molecule has 21 heavy (non-hydrogen) atoms. The summed E-state index contributed by atoms with van der Waals surface area (Å²) >= 11 is 5.84. The van der Waals surface area contributed by atoms with E-state index in [9.17, 15) is 14.4 Å². The third-order valence-electron chi connectivity index (χ3n) is 2.28. The smallest absolute Gasteiger partial charge is 0.323 e. The normalized spacial score (nSPS) is 9.52. The Labute approximate surface area is 124 Å². The summed E-state index contributed by atoms with van der Waals surface area (Å²) in [6, 6.07) is 5.01. The summed E-state index contributed by atoms with van der Waals surface area (Å²) < 4.78 is 0. The zero-order valence-corrected chi connectivity index (χ0v) is 11.3. The molecule has 1 aromatic rings. The molecule has 1 rings (SSSR count). The van der Waals surface area contributed by atoms with Crippen LogP contribution in [0.4, 0.5) is 10.5 Å². The fourth-order valence-corrected chi connectivity index (χ4v) is 1.58. The van der Waals surface area contributed by atoms with Gasteiger partial charge >= 0.3 is 18.0 Å². The summed E-state index contributed by atoms with van der Waals surface area (Å²) in [6.07, 6.45) is 0. The van der Waals surface area contributed by atoms with E-state index in [0.29, 0.717) is 4.90 Å². The number of nitrogens with zero attached hydrogens (tertiary/aromatic N) is 2. The number of rotatable bonds is 5. The van der Waals surface area contributed by atoms with Crippen LogP contribution in [0, 0.1) is 11.3 Å². The number of carboxylic acids is 2. The number of nitrogens with one attached hydrogen (secondary N) is 1. The number of carbonyl (C=O) groups is 3. The minimum absolute atomic E-state index is 0.0847. The Bertz CT molecular complexity index is 610. The average Bonchev–Trinajstić information content (AvgIpc) is 2.39. The second kappa shape index (κ2) is 7.12. The standard InChI is InChI=1S/C12H10ClN3O5/c13-8-2-1-7(4-14)3-9(8)15-12(21)16(5-10(17)18)6-11(19)20/h1-3H,5-6H2,(H,15,21)(H,17,18)(H,19,20). The monoisotopic (exact) mass is 311 g/mol. The molecule has 0 spiro atoms. The van der Waals surface area contributed by atoms with E-state index in [1.54, 1.807) is 0 Å². The SMILES string of the molecule is N#Cc1ccc(Cl)c(NC(=O)N(CC(=O)O)CC(=O)O)c1. The Morgan fingerprint density at radius 1 is 1.24 bits per heavy atom. The van der Waals surface area contributed by atoms with E-state index in [2.05, 4.69) is 5.32 Å². The number of hydrogen-bond acceptors (Lipinski definition) is 4. The molecule has 8 nitrogen and oxygen atoms in total. The topological polar surface area (TPSA) is 131 Å². The van der Waals surface area contributed by atoms with Crippen LogP contribution < -0.4 is 5.32 Å². The molecule has 0 atom stereocenters. The van der Waals surface area contributed by atoms with Crippen molar-refractivity contribution in [2.75, 3.05) is 18.4 Å². The van der Waals surface area contributed by atoms with Crippen molar-refractivity contribution < 1.29 is 24.6 Å². The van der Waals surface area contributed by atoms with E-state index in [-0.39, 0.29) is 16.3 Å². The van der Waals surface area contributed by atoms with Gasteiger partial charge < -0.3 is 20.4 Å². The first-order valence-electron chi connectivity index (χ1n) is 5.52. The zero-order valence-electron chi connectivity index (χ0n) is 10.5. The van der Waals surface area contributed by atoms with Gasteiger partial charge in [-0.2, -0.15) is 5.26 Å². The van der Waals surface area contributed by atoms with Crippen LogP contribution in [-0.2, 0) is 9.59 Å². The summed E-state index contributed by atoms with van der Waals surface area (Å²) in [5.41, 5.74) is 0.319. The molecule has 2 amide bonds. The van der Waals surface area contributed by atoms with E-state index >= 15 is 0 Å². The van der Waals surface area contributed by atoms with E-state index in [0.717, 1.165) is 0 Å². The maximum atomic E-state index is 11.9. The fourth-order valence-electron chi connectivity index (χ4n) is 1.41. The van der Waals surface area contributed by atoms with Crippen LogP contribution in [-0.4, -0.2) is 46.2 Å². The van der Waals surface area contributed by atoms with Gasteiger partial charge in [-0.25, -0.2) is 4.79 Å². The molecule has 0 aliphatic heterocycles. The zero-order chi connectivity index (χ0) is 16.0. The van der Waals surface area contributed by atoms with Crippen LogP contribution in [0.1, 0.15) is 5.56 Å². The second-order valence-electron chi connectivity index (χ2n) is 3.88. The van der Waals surface area contributed by atoms with Crippen molar-refractivity contribution in [3.8, 4) is 6.07 Å². The predicted octanol–water partition coefficient (Wildman–Crippen LogP) is 1.21. The third-order valence-corrected chi connectivity index (χ3v) is 2.61. The molecule has 0 aromatic heterocycles. The number of nitriles is 1. The van der Waals surface area contributed by atoms with Crippen molar-refractivity contribution in [3.63, 3.8) is 0 Å². The number of aliphatic carboxylic acids is 2. The molecule has 1 aromatic carbocycles. The van der Waals surface area contributed by atoms with Gasteiger partial charge in [-0.3, -0.25) is 9.59 Å². The molecule has 0 unspecified atom stereocenters. The first kappa shape index (κ1) is 16.3. The van der Waals surface area contributed by atoms with Gasteiger partial charge in [-0.1, -0.05) is 11.6 Å². The Morgan fingerprint density at radius 3 is 2.29 bits per heavy atom. The third kappa shape index (κ3) is 5.00. The molecule has 0 aliphatic rings. The van der Waals surface area contributed by atoms with Gasteiger partial charge in [0.1, 0.15) is 13.1 Å². The van der Waals surface area contributed by atoms with Crippen LogP contribution >= 0.6 is 11.6 Å². The van der Waals surface area contributed by atoms with Gasteiger partial charge in [0.05, 0.1) is 22.3 Å². The minimum atomic E-state index is -1.36. The van der Waals surface area contributed by atoms with Crippen molar-refractivity contribution >= 4 is 35.3 Å². The number of hydrogen-bond donors (Lipinski definition) is 3. The van der Waals surface area contributed by atoms with Gasteiger partial charge in [0.15, 0.2) is 0 Å². The number of amides is 2. The van der Waals surface area contributed by atoms with Crippen molar-refractivity contribution in [3.05, 3.63) is 28.8 Å². The Kier molecular flexibility index (Phi) is 5.51. The highest BCUT2D eigenvalue weighted by molar-refractivity contribution is 6.33. The maximum absolute atomic E-state index is 11.9. The molecule has 0 saturated heterocycles. The molecule has 0 fully saturated rings. The summed E-state index contributed by atoms with van der Waals surface area (Å²) in [6.45, 7) is -1.57. The lowest BCUT2D eigenvalue weighted by atomic mass is 10.2. The number of anilines is 1. The first-order chi connectivity index (χ1) is 9.83. The van der Waals surface area contributed by atoms with Gasteiger partial charge in [0.2, 0.25) is 0 Å². The maximum Gasteiger partial charge on any atom is 0.323 e. The molecular weight excluding hydrogens is 302 g/mol. The lowest BCUT2D eigenvalue weighted by Gasteiger charge is -2.19. The molecule has 3 N–H and O–H groups in total. The fraction of sp³-hybridized carbons (Fsp3) is 0.167. The predicted molar refractivity (Wildman–Crippen MR) is 72.0 cm³/mol. The Hall–Kier alpha value is -2.79. The summed E-state index contributed by atoms with van der Waals surface area (Å²) in [4.78, 5) is 33.7. The average molecular weight is 312 g/mol. The second-order valence-corrected chi connectivity index (χ2v) is 4.29. The van der Waals surface area contributed by atoms with E-state index in [4.69, 9.17) is 27.1 Å². The number of carboxylic acid groups (broad SMARTS) is 2. The highest BCUT2D eigenvalue weighted by atomic mass is 35.5. The van der Waals surface area contributed by atoms with Crippen molar-refractivity contribution in [2.45, 2.75) is 0 Å². The van der Waals surface area contributed by atoms with E-state index < -0.39 is 31.1 Å². The highest BCUT2D eigenvalue weighted by Gasteiger charge is 2.20. The van der Waals surface area contributed by atoms with Crippen molar-refractivity contribution in [1.29, 1.82) is 5.26 Å². The summed E-state index contributed by atoms with van der Waals surface area (Å²) in [7, 11) is 0. The van der Waals surface area contributed by atoms with Gasteiger partial charge in [-0.15, -0.1) is 0 Å². The molecule has 0 bridgehead atoms. The largest absolute Gasteiger partial charge is 0.480 e. The first-order valence-corrected chi connectivity index (χ1v) is 5.90. The quantitative estimate of drug-likeness (QED) is 0.749. The number of halogens is 1. The van der Waals surface area contributed by atoms with E-state index in [1.807, 2.05) is 6.07 Å². The van der Waals surface area contributed by atoms with Crippen molar-refractivity contribution in [2.24, 2.45) is 0 Å². The molecule has 0 aliphatic carbocycles. The van der Waals surface area contributed by atoms with Crippen LogP contribution in [0.2, 0.25) is 5.02 Å². The van der Waals surface area contributed by atoms with Crippen LogP contribution in [0.15, 0.2) is 18.2 Å². The van der Waals surface area contributed by atoms with Gasteiger partial charge in [0.25, 0.3) is 0 Å². The van der Waals surface area contributed by atoms with Crippen molar-refractivity contribution in [1.82, 2.24) is 4.90 Å². The lowest BCUT2D eigenvalue weighted by Crippen LogP contribution is -2.42. The van der Waals surface area contributed by atoms with Gasteiger partial charge in [0, 0.05) is 0 Å². The Morgan fingerprint density at radius 2 is 1.81 bits per heavy atom. The Balaban J connectivity index is 2.93. The number of benzene rings is 1. The molecule has 0 radical (unpaired) electrons. The molecule has 110 valence electrons. The number of urea groups is 1. The number of carbonyl (C=O) groups excluding carboxylic acids is 1. The molecular formula is C12H10ClN3O5. The molecule has 0 saturated carbocycles. The summed E-state index contributed by atoms with van der Waals surface area (Å²) in [5.74, 6) is -2.72. The van der Waals surface area contributed by atoms with Gasteiger partial charge in [-0.05, 0) is 18.2 Å². The highest BCUT2D eigenvalue weighted by Crippen LogP contribution is 2.23.